The van der Waals surface area contributed by atoms with Gasteiger partial charge in [-0.25, -0.2) is 13.6 Å². The molecule has 1 N–H and O–H groups in total. The molecule has 0 aliphatic carbocycles. The van der Waals surface area contributed by atoms with Gasteiger partial charge in [0.15, 0.2) is 0 Å². The van der Waals surface area contributed by atoms with E-state index in [4.69, 9.17) is 4.74 Å². The number of amides is 3. The number of hydrogen-bond acceptors (Lipinski definition) is 3. The molecule has 0 bridgehead atoms. The Balaban J connectivity index is 1.63. The van der Waals surface area contributed by atoms with Gasteiger partial charge in [0.1, 0.15) is 22.9 Å². The topological polar surface area (TPSA) is 58.6 Å². The van der Waals surface area contributed by atoms with Crippen molar-refractivity contribution in [1.29, 1.82) is 0 Å². The van der Waals surface area contributed by atoms with Gasteiger partial charge in [0.05, 0.1) is 6.61 Å². The van der Waals surface area contributed by atoms with Crippen molar-refractivity contribution in [2.45, 2.75) is 32.7 Å². The second-order valence-electron chi connectivity index (χ2n) is 7.08. The van der Waals surface area contributed by atoms with Gasteiger partial charge < -0.3 is 10.1 Å². The number of halogens is 2. The highest BCUT2D eigenvalue weighted by Crippen LogP contribution is 2.31. The first-order valence-electron chi connectivity index (χ1n) is 9.02. The van der Waals surface area contributed by atoms with Crippen LogP contribution in [0, 0.1) is 25.5 Å². The van der Waals surface area contributed by atoms with E-state index in [1.165, 1.54) is 6.92 Å². The fraction of sp³-hybridized carbons (Fsp3) is 0.333. The monoisotopic (exact) mass is 388 g/mol. The van der Waals surface area contributed by atoms with E-state index in [1.54, 1.807) is 0 Å². The number of urea groups is 1. The van der Waals surface area contributed by atoms with Gasteiger partial charge in [0.25, 0.3) is 5.91 Å². The zero-order valence-corrected chi connectivity index (χ0v) is 16.0. The van der Waals surface area contributed by atoms with Crippen LogP contribution in [0.25, 0.3) is 0 Å². The number of nitrogens with one attached hydrogen (secondary N) is 1. The van der Waals surface area contributed by atoms with Crippen molar-refractivity contribution in [1.82, 2.24) is 10.2 Å². The van der Waals surface area contributed by atoms with Gasteiger partial charge in [-0.15, -0.1) is 0 Å². The third kappa shape index (κ3) is 3.69. The predicted octanol–water partition coefficient (Wildman–Crippen LogP) is 3.82. The largest absolute Gasteiger partial charge is 0.494 e. The zero-order chi connectivity index (χ0) is 20.5. The molecule has 1 unspecified atom stereocenters. The summed E-state index contributed by atoms with van der Waals surface area (Å²) in [7, 11) is 0. The minimum atomic E-state index is -1.64. The first-order valence-corrected chi connectivity index (χ1v) is 9.02. The molecule has 1 aliphatic heterocycles. The van der Waals surface area contributed by atoms with Crippen LogP contribution in [0.15, 0.2) is 36.4 Å². The van der Waals surface area contributed by atoms with E-state index in [-0.39, 0.29) is 12.1 Å². The van der Waals surface area contributed by atoms with Crippen LogP contribution in [0.3, 0.4) is 0 Å². The number of ether oxygens (including phenoxy) is 1. The Morgan fingerprint density at radius 1 is 1.07 bits per heavy atom. The molecule has 1 saturated heterocycles. The number of imide groups is 1. The number of aryl methyl sites for hydroxylation is 2. The van der Waals surface area contributed by atoms with Crippen LogP contribution < -0.4 is 10.1 Å². The molecule has 2 aromatic carbocycles. The summed E-state index contributed by atoms with van der Waals surface area (Å²) in [4.78, 5) is 26.0. The summed E-state index contributed by atoms with van der Waals surface area (Å²) in [6.45, 7) is 5.79. The molecule has 1 aliphatic rings. The summed E-state index contributed by atoms with van der Waals surface area (Å²) >= 11 is 0. The molecule has 1 atom stereocenters. The second-order valence-corrected chi connectivity index (χ2v) is 7.08. The maximum absolute atomic E-state index is 14.1. The minimum absolute atomic E-state index is 0.113. The Morgan fingerprint density at radius 2 is 1.82 bits per heavy atom. The van der Waals surface area contributed by atoms with Crippen molar-refractivity contribution >= 4 is 11.9 Å². The van der Waals surface area contributed by atoms with Crippen LogP contribution in [0.4, 0.5) is 13.6 Å². The number of hydrogen-bond donors (Lipinski definition) is 1. The molecule has 5 nitrogen and oxygen atoms in total. The lowest BCUT2D eigenvalue weighted by Crippen LogP contribution is -2.42. The zero-order valence-electron chi connectivity index (χ0n) is 16.0. The average Bonchev–Trinajstić information content (AvgIpc) is 2.87. The van der Waals surface area contributed by atoms with Crippen LogP contribution in [0.1, 0.15) is 30.0 Å². The third-order valence-corrected chi connectivity index (χ3v) is 5.02. The van der Waals surface area contributed by atoms with Crippen molar-refractivity contribution in [2.75, 3.05) is 13.2 Å². The lowest BCUT2D eigenvalue weighted by Gasteiger charge is -2.22. The lowest BCUT2D eigenvalue weighted by molar-refractivity contribution is -0.131. The molecule has 7 heteroatoms. The molecule has 0 saturated carbocycles. The summed E-state index contributed by atoms with van der Waals surface area (Å²) in [5, 5.41) is 2.48. The summed E-state index contributed by atoms with van der Waals surface area (Å²) in [5.41, 5.74) is 0.438. The molecule has 3 rings (SSSR count). The highest BCUT2D eigenvalue weighted by atomic mass is 19.1. The highest BCUT2D eigenvalue weighted by Gasteiger charge is 2.50. The number of carbonyl (C=O) groups excluding carboxylic acids is 2. The van der Waals surface area contributed by atoms with Gasteiger partial charge in [-0.2, -0.15) is 0 Å². The molecule has 3 amide bonds. The fourth-order valence-corrected chi connectivity index (χ4v) is 3.18. The van der Waals surface area contributed by atoms with Crippen molar-refractivity contribution in [2.24, 2.45) is 0 Å². The molecule has 0 aromatic heterocycles. The van der Waals surface area contributed by atoms with E-state index in [0.717, 1.165) is 34.2 Å². The van der Waals surface area contributed by atoms with Crippen LogP contribution >= 0.6 is 0 Å². The molecular formula is C21H22F2N2O3. The lowest BCUT2D eigenvalue weighted by atomic mass is 9.91. The van der Waals surface area contributed by atoms with Gasteiger partial charge in [-0.1, -0.05) is 6.07 Å². The van der Waals surface area contributed by atoms with E-state index in [1.807, 2.05) is 32.0 Å². The average molecular weight is 388 g/mol. The van der Waals surface area contributed by atoms with Gasteiger partial charge >= 0.3 is 6.03 Å². The van der Waals surface area contributed by atoms with Crippen molar-refractivity contribution in [3.63, 3.8) is 0 Å². The van der Waals surface area contributed by atoms with Crippen LogP contribution in [0.2, 0.25) is 0 Å². The highest BCUT2D eigenvalue weighted by molar-refractivity contribution is 6.07. The van der Waals surface area contributed by atoms with E-state index < -0.39 is 29.1 Å². The van der Waals surface area contributed by atoms with E-state index in [2.05, 4.69) is 5.32 Å². The standard InChI is InChI=1S/C21H22F2N2O3/c1-13-5-7-16(11-14(13)2)28-10-4-9-25-19(26)21(3,24-20(25)27)17-12-15(22)6-8-18(17)23/h5-8,11-12H,4,9-10H2,1-3H3,(H,24,27). The smallest absolute Gasteiger partial charge is 0.325 e. The SMILES string of the molecule is Cc1ccc(OCCCN2C(=O)NC(C)(c3cc(F)ccc3F)C2=O)cc1C. The maximum atomic E-state index is 14.1. The van der Waals surface area contributed by atoms with Crippen LogP contribution in [0.5, 0.6) is 5.75 Å². The summed E-state index contributed by atoms with van der Waals surface area (Å²) in [6.07, 6.45) is 0.411. The van der Waals surface area contributed by atoms with Crippen molar-refractivity contribution < 1.29 is 23.1 Å². The Bertz CT molecular complexity index is 932. The van der Waals surface area contributed by atoms with E-state index in [0.29, 0.717) is 18.8 Å². The van der Waals surface area contributed by atoms with Gasteiger partial charge in [0.2, 0.25) is 0 Å². The van der Waals surface area contributed by atoms with Gasteiger partial charge in [0, 0.05) is 12.1 Å². The molecule has 0 radical (unpaired) electrons. The third-order valence-electron chi connectivity index (χ3n) is 5.02. The van der Waals surface area contributed by atoms with E-state index >= 15 is 0 Å². The van der Waals surface area contributed by atoms with Crippen molar-refractivity contribution in [3.05, 3.63) is 64.7 Å². The number of carbonyl (C=O) groups is 2. The molecule has 28 heavy (non-hydrogen) atoms. The summed E-state index contributed by atoms with van der Waals surface area (Å²) < 4.78 is 33.3. The first kappa shape index (κ1) is 19.8. The summed E-state index contributed by atoms with van der Waals surface area (Å²) in [5.74, 6) is -1.34. The first-order chi connectivity index (χ1) is 13.2. The second kappa shape index (κ2) is 7.58. The molecule has 1 heterocycles. The maximum Gasteiger partial charge on any atom is 0.325 e. The molecule has 0 spiro atoms. The molecule has 148 valence electrons. The predicted molar refractivity (Wildman–Crippen MR) is 100.0 cm³/mol. The Labute approximate surface area is 162 Å². The molecule has 2 aromatic rings. The Morgan fingerprint density at radius 3 is 2.54 bits per heavy atom. The quantitative estimate of drug-likeness (QED) is 0.605. The van der Waals surface area contributed by atoms with Crippen LogP contribution in [-0.2, 0) is 10.3 Å². The van der Waals surface area contributed by atoms with Crippen molar-refractivity contribution in [3.8, 4) is 5.75 Å². The summed E-state index contributed by atoms with van der Waals surface area (Å²) in [6, 6.07) is 7.94. The molecular weight excluding hydrogens is 366 g/mol. The minimum Gasteiger partial charge on any atom is -0.494 e. The Hall–Kier alpha value is -2.96. The number of rotatable bonds is 6. The number of benzene rings is 2. The van der Waals surface area contributed by atoms with Gasteiger partial charge in [-0.3, -0.25) is 9.69 Å². The van der Waals surface area contributed by atoms with Gasteiger partial charge in [-0.05, 0) is 68.7 Å². The molecule has 1 fully saturated rings. The number of nitrogens with zero attached hydrogens (tertiary/aromatic N) is 1. The van der Waals surface area contributed by atoms with Crippen LogP contribution in [-0.4, -0.2) is 30.0 Å². The normalized spacial score (nSPS) is 19.1. The fourth-order valence-electron chi connectivity index (χ4n) is 3.18. The Kier molecular flexibility index (Phi) is 5.36. The van der Waals surface area contributed by atoms with E-state index in [9.17, 15) is 18.4 Å².